The zero-order valence-electron chi connectivity index (χ0n) is 12.5. The van der Waals surface area contributed by atoms with E-state index in [1.807, 2.05) is 33.0 Å². The second-order valence-corrected chi connectivity index (χ2v) is 5.68. The summed E-state index contributed by atoms with van der Waals surface area (Å²) in [6, 6.07) is 4.10. The molecule has 0 spiro atoms. The van der Waals surface area contributed by atoms with Gasteiger partial charge in [-0.05, 0) is 32.9 Å². The number of rotatable bonds is 6. The van der Waals surface area contributed by atoms with E-state index in [1.54, 1.807) is 11.3 Å². The number of pyridine rings is 1. The molecule has 2 aromatic rings. The van der Waals surface area contributed by atoms with Gasteiger partial charge < -0.3 is 9.64 Å². The molecule has 4 nitrogen and oxygen atoms in total. The molecule has 0 saturated heterocycles. The SMILES string of the molecule is CCOC(C)c1nc(CN(C)c2ccnc(C)c2)cs1. The quantitative estimate of drug-likeness (QED) is 0.815. The highest BCUT2D eigenvalue weighted by atomic mass is 32.1. The molecule has 5 heteroatoms. The van der Waals surface area contributed by atoms with Crippen LogP contribution >= 0.6 is 11.3 Å². The van der Waals surface area contributed by atoms with Gasteiger partial charge in [-0.25, -0.2) is 4.98 Å². The first-order valence-corrected chi connectivity index (χ1v) is 7.67. The van der Waals surface area contributed by atoms with Crippen molar-refractivity contribution in [3.8, 4) is 0 Å². The fourth-order valence-corrected chi connectivity index (χ4v) is 2.82. The molecule has 0 aromatic carbocycles. The lowest BCUT2D eigenvalue weighted by molar-refractivity contribution is 0.0761. The molecule has 2 rings (SSSR count). The van der Waals surface area contributed by atoms with Crippen LogP contribution in [0, 0.1) is 6.92 Å². The van der Waals surface area contributed by atoms with Gasteiger partial charge >= 0.3 is 0 Å². The van der Waals surface area contributed by atoms with Crippen LogP contribution in [0.25, 0.3) is 0 Å². The van der Waals surface area contributed by atoms with Gasteiger partial charge in [0.2, 0.25) is 0 Å². The molecular weight excluding hydrogens is 270 g/mol. The number of hydrogen-bond donors (Lipinski definition) is 0. The number of thiazole rings is 1. The second kappa shape index (κ2) is 6.81. The van der Waals surface area contributed by atoms with Crippen molar-refractivity contribution in [3.63, 3.8) is 0 Å². The van der Waals surface area contributed by atoms with E-state index in [0.717, 1.165) is 28.6 Å². The van der Waals surface area contributed by atoms with Crippen molar-refractivity contribution < 1.29 is 4.74 Å². The third-order valence-corrected chi connectivity index (χ3v) is 4.11. The number of aryl methyl sites for hydroxylation is 1. The predicted octanol–water partition coefficient (Wildman–Crippen LogP) is 3.58. The molecule has 0 aliphatic carbocycles. The van der Waals surface area contributed by atoms with Crippen molar-refractivity contribution in [2.75, 3.05) is 18.6 Å². The number of hydrogen-bond acceptors (Lipinski definition) is 5. The van der Waals surface area contributed by atoms with E-state index >= 15 is 0 Å². The molecule has 0 aliphatic heterocycles. The Kier molecular flexibility index (Phi) is 5.09. The number of ether oxygens (including phenoxy) is 1. The molecule has 1 atom stereocenters. The molecule has 108 valence electrons. The Morgan fingerprint density at radius 3 is 2.95 bits per heavy atom. The minimum atomic E-state index is 0.0761. The summed E-state index contributed by atoms with van der Waals surface area (Å²) in [5, 5.41) is 3.15. The van der Waals surface area contributed by atoms with Gasteiger partial charge in [-0.3, -0.25) is 4.98 Å². The predicted molar refractivity (Wildman–Crippen MR) is 83.2 cm³/mol. The minimum absolute atomic E-state index is 0.0761. The maximum atomic E-state index is 5.57. The van der Waals surface area contributed by atoms with Crippen molar-refractivity contribution in [1.29, 1.82) is 0 Å². The van der Waals surface area contributed by atoms with E-state index in [2.05, 4.69) is 33.4 Å². The van der Waals surface area contributed by atoms with E-state index in [1.165, 1.54) is 0 Å². The largest absolute Gasteiger partial charge is 0.372 e. The number of nitrogens with zero attached hydrogens (tertiary/aromatic N) is 3. The average molecular weight is 291 g/mol. The van der Waals surface area contributed by atoms with Crippen LogP contribution in [0.15, 0.2) is 23.7 Å². The Morgan fingerprint density at radius 1 is 1.45 bits per heavy atom. The highest BCUT2D eigenvalue weighted by Crippen LogP contribution is 2.23. The lowest BCUT2D eigenvalue weighted by atomic mass is 10.3. The molecule has 0 bridgehead atoms. The summed E-state index contributed by atoms with van der Waals surface area (Å²) in [4.78, 5) is 11.1. The standard InChI is InChI=1S/C15H21N3OS/c1-5-19-12(3)15-17-13(10-20-15)9-18(4)14-6-7-16-11(2)8-14/h6-8,10,12H,5,9H2,1-4H3. The van der Waals surface area contributed by atoms with Crippen LogP contribution in [-0.2, 0) is 11.3 Å². The van der Waals surface area contributed by atoms with Crippen LogP contribution in [0.4, 0.5) is 5.69 Å². The number of anilines is 1. The summed E-state index contributed by atoms with van der Waals surface area (Å²) >= 11 is 1.66. The highest BCUT2D eigenvalue weighted by molar-refractivity contribution is 7.09. The third kappa shape index (κ3) is 3.77. The lowest BCUT2D eigenvalue weighted by Gasteiger charge is -2.18. The van der Waals surface area contributed by atoms with Crippen molar-refractivity contribution in [2.45, 2.75) is 33.4 Å². The lowest BCUT2D eigenvalue weighted by Crippen LogP contribution is -2.17. The zero-order valence-corrected chi connectivity index (χ0v) is 13.3. The van der Waals surface area contributed by atoms with Gasteiger partial charge in [0.15, 0.2) is 0 Å². The van der Waals surface area contributed by atoms with E-state index in [0.29, 0.717) is 6.61 Å². The van der Waals surface area contributed by atoms with Crippen molar-refractivity contribution >= 4 is 17.0 Å². The summed E-state index contributed by atoms with van der Waals surface area (Å²) in [5.74, 6) is 0. The summed E-state index contributed by atoms with van der Waals surface area (Å²) in [7, 11) is 2.07. The van der Waals surface area contributed by atoms with Gasteiger partial charge in [0.25, 0.3) is 0 Å². The second-order valence-electron chi connectivity index (χ2n) is 4.79. The average Bonchev–Trinajstić information content (AvgIpc) is 2.87. The summed E-state index contributed by atoms with van der Waals surface area (Å²) in [6.07, 6.45) is 1.91. The molecule has 0 aliphatic rings. The van der Waals surface area contributed by atoms with Crippen LogP contribution in [-0.4, -0.2) is 23.6 Å². The molecule has 0 amide bonds. The Hall–Kier alpha value is -1.46. The van der Waals surface area contributed by atoms with Crippen molar-refractivity contribution in [2.24, 2.45) is 0 Å². The van der Waals surface area contributed by atoms with Gasteiger partial charge in [0.1, 0.15) is 11.1 Å². The van der Waals surface area contributed by atoms with E-state index < -0.39 is 0 Å². The van der Waals surface area contributed by atoms with Gasteiger partial charge in [-0.1, -0.05) is 0 Å². The van der Waals surface area contributed by atoms with Gasteiger partial charge in [0, 0.05) is 36.6 Å². The maximum Gasteiger partial charge on any atom is 0.122 e. The van der Waals surface area contributed by atoms with E-state index in [9.17, 15) is 0 Å². The van der Waals surface area contributed by atoms with Crippen LogP contribution in [0.3, 0.4) is 0 Å². The van der Waals surface area contributed by atoms with Gasteiger partial charge in [-0.15, -0.1) is 11.3 Å². The highest BCUT2D eigenvalue weighted by Gasteiger charge is 2.11. The maximum absolute atomic E-state index is 5.57. The summed E-state index contributed by atoms with van der Waals surface area (Å²) < 4.78 is 5.57. The summed E-state index contributed by atoms with van der Waals surface area (Å²) in [6.45, 7) is 7.56. The van der Waals surface area contributed by atoms with Crippen molar-refractivity contribution in [1.82, 2.24) is 9.97 Å². The molecule has 2 heterocycles. The van der Waals surface area contributed by atoms with Gasteiger partial charge in [-0.2, -0.15) is 0 Å². The first-order chi connectivity index (χ1) is 9.60. The Labute approximate surface area is 124 Å². The van der Waals surface area contributed by atoms with Crippen molar-refractivity contribution in [3.05, 3.63) is 40.1 Å². The van der Waals surface area contributed by atoms with E-state index in [-0.39, 0.29) is 6.10 Å². The fraction of sp³-hybridized carbons (Fsp3) is 0.467. The smallest absolute Gasteiger partial charge is 0.122 e. The van der Waals surface area contributed by atoms with Crippen LogP contribution < -0.4 is 4.90 Å². The molecule has 0 fully saturated rings. The first kappa shape index (κ1) is 14.9. The molecule has 20 heavy (non-hydrogen) atoms. The number of aromatic nitrogens is 2. The monoisotopic (exact) mass is 291 g/mol. The Balaban J connectivity index is 2.03. The first-order valence-electron chi connectivity index (χ1n) is 6.79. The fourth-order valence-electron chi connectivity index (χ4n) is 2.01. The minimum Gasteiger partial charge on any atom is -0.372 e. The molecular formula is C15H21N3OS. The molecule has 1 unspecified atom stereocenters. The van der Waals surface area contributed by atoms with Crippen LogP contribution in [0.1, 0.15) is 36.3 Å². The Morgan fingerprint density at radius 2 is 2.25 bits per heavy atom. The zero-order chi connectivity index (χ0) is 14.5. The Bertz CT molecular complexity index is 556. The topological polar surface area (TPSA) is 38.2 Å². The molecule has 2 aromatic heterocycles. The third-order valence-electron chi connectivity index (χ3n) is 3.05. The normalized spacial score (nSPS) is 12.4. The van der Waals surface area contributed by atoms with Crippen LogP contribution in [0.5, 0.6) is 0 Å². The van der Waals surface area contributed by atoms with Gasteiger partial charge in [0.05, 0.1) is 12.2 Å². The van der Waals surface area contributed by atoms with Crippen LogP contribution in [0.2, 0.25) is 0 Å². The molecule has 0 N–H and O–H groups in total. The van der Waals surface area contributed by atoms with E-state index in [4.69, 9.17) is 4.74 Å². The molecule has 0 radical (unpaired) electrons. The summed E-state index contributed by atoms with van der Waals surface area (Å²) in [5.41, 5.74) is 3.26. The molecule has 0 saturated carbocycles.